The second kappa shape index (κ2) is 8.48. The highest BCUT2D eigenvalue weighted by Crippen LogP contribution is 2.17. The van der Waals surface area contributed by atoms with Gasteiger partial charge in [-0.3, -0.25) is 0 Å². The standard InChI is InChI=1S/C13H18N2O3/c1-16-13(17-2)10-15-9-11-5-3-4-6-12(11)18-8-7-14/h3-6,13,15H,8-10H2,1-2H3. The van der Waals surface area contributed by atoms with E-state index in [1.165, 1.54) is 0 Å². The Balaban J connectivity index is 2.48. The zero-order chi connectivity index (χ0) is 13.2. The van der Waals surface area contributed by atoms with Crippen LogP contribution in [0, 0.1) is 11.3 Å². The fourth-order valence-corrected chi connectivity index (χ4v) is 1.49. The Bertz CT molecular complexity index is 386. The minimum absolute atomic E-state index is 0.0514. The van der Waals surface area contributed by atoms with Crippen molar-refractivity contribution < 1.29 is 14.2 Å². The Morgan fingerprint density at radius 2 is 2.00 bits per heavy atom. The molecule has 98 valence electrons. The van der Waals surface area contributed by atoms with Crippen LogP contribution in [0.15, 0.2) is 24.3 Å². The number of hydrogen-bond acceptors (Lipinski definition) is 5. The fraction of sp³-hybridized carbons (Fsp3) is 0.462. The molecule has 1 N–H and O–H groups in total. The second-order valence-electron chi connectivity index (χ2n) is 3.59. The summed E-state index contributed by atoms with van der Waals surface area (Å²) in [6, 6.07) is 9.56. The molecule has 1 rings (SSSR count). The van der Waals surface area contributed by atoms with Crippen LogP contribution in [0.5, 0.6) is 5.75 Å². The number of rotatable bonds is 8. The number of methoxy groups -OCH3 is 2. The lowest BCUT2D eigenvalue weighted by Gasteiger charge is -2.15. The van der Waals surface area contributed by atoms with E-state index in [1.54, 1.807) is 14.2 Å². The number of hydrogen-bond donors (Lipinski definition) is 1. The summed E-state index contributed by atoms with van der Waals surface area (Å²) < 4.78 is 15.5. The quantitative estimate of drug-likeness (QED) is 0.704. The van der Waals surface area contributed by atoms with Crippen molar-refractivity contribution >= 4 is 0 Å². The van der Waals surface area contributed by atoms with Gasteiger partial charge in [0.05, 0.1) is 0 Å². The van der Waals surface area contributed by atoms with Crippen molar-refractivity contribution in [1.82, 2.24) is 5.32 Å². The molecule has 0 aliphatic carbocycles. The van der Waals surface area contributed by atoms with Crippen molar-refractivity contribution in [2.45, 2.75) is 12.8 Å². The molecule has 1 aromatic carbocycles. The highest BCUT2D eigenvalue weighted by Gasteiger charge is 2.06. The molecule has 0 bridgehead atoms. The number of para-hydroxylation sites is 1. The molecule has 18 heavy (non-hydrogen) atoms. The van der Waals surface area contributed by atoms with Gasteiger partial charge < -0.3 is 19.5 Å². The maximum atomic E-state index is 8.51. The summed E-state index contributed by atoms with van der Waals surface area (Å²) in [5.41, 5.74) is 0.999. The number of ether oxygens (including phenoxy) is 3. The maximum absolute atomic E-state index is 8.51. The Labute approximate surface area is 107 Å². The van der Waals surface area contributed by atoms with E-state index in [0.29, 0.717) is 13.1 Å². The van der Waals surface area contributed by atoms with E-state index in [4.69, 9.17) is 19.5 Å². The van der Waals surface area contributed by atoms with Gasteiger partial charge in [-0.25, -0.2) is 0 Å². The summed E-state index contributed by atoms with van der Waals surface area (Å²) in [6.45, 7) is 1.26. The summed E-state index contributed by atoms with van der Waals surface area (Å²) in [5.74, 6) is 0.720. The minimum atomic E-state index is -0.266. The molecular formula is C13H18N2O3. The number of nitrogens with zero attached hydrogens (tertiary/aromatic N) is 1. The fourth-order valence-electron chi connectivity index (χ4n) is 1.49. The molecule has 0 saturated heterocycles. The van der Waals surface area contributed by atoms with Crippen molar-refractivity contribution in [3.63, 3.8) is 0 Å². The molecule has 0 aromatic heterocycles. The minimum Gasteiger partial charge on any atom is -0.478 e. The Kier molecular flexibility index (Phi) is 6.81. The van der Waals surface area contributed by atoms with E-state index < -0.39 is 0 Å². The average Bonchev–Trinajstić information content (AvgIpc) is 2.42. The van der Waals surface area contributed by atoms with Gasteiger partial charge in [-0.05, 0) is 6.07 Å². The highest BCUT2D eigenvalue weighted by atomic mass is 16.7. The van der Waals surface area contributed by atoms with Gasteiger partial charge in [-0.1, -0.05) is 18.2 Å². The van der Waals surface area contributed by atoms with Crippen LogP contribution in [0.4, 0.5) is 0 Å². The molecule has 1 aromatic rings. The smallest absolute Gasteiger partial charge is 0.174 e. The lowest BCUT2D eigenvalue weighted by atomic mass is 10.2. The van der Waals surface area contributed by atoms with Crippen LogP contribution >= 0.6 is 0 Å². The van der Waals surface area contributed by atoms with Crippen LogP contribution in [-0.4, -0.2) is 33.7 Å². The summed E-state index contributed by atoms with van der Waals surface area (Å²) in [7, 11) is 3.19. The van der Waals surface area contributed by atoms with Crippen molar-refractivity contribution in [3.8, 4) is 11.8 Å². The molecular weight excluding hydrogens is 232 g/mol. The molecule has 0 amide bonds. The average molecular weight is 250 g/mol. The molecule has 0 unspecified atom stereocenters. The first-order chi connectivity index (χ1) is 8.81. The third-order valence-electron chi connectivity index (χ3n) is 2.42. The number of nitriles is 1. The van der Waals surface area contributed by atoms with Crippen molar-refractivity contribution in [2.24, 2.45) is 0 Å². The predicted octanol–water partition coefficient (Wildman–Crippen LogP) is 1.30. The van der Waals surface area contributed by atoms with Crippen LogP contribution in [0.2, 0.25) is 0 Å². The Morgan fingerprint density at radius 3 is 2.67 bits per heavy atom. The lowest BCUT2D eigenvalue weighted by Crippen LogP contribution is -2.29. The van der Waals surface area contributed by atoms with Crippen molar-refractivity contribution in [3.05, 3.63) is 29.8 Å². The van der Waals surface area contributed by atoms with E-state index in [2.05, 4.69) is 5.32 Å². The van der Waals surface area contributed by atoms with E-state index in [0.717, 1.165) is 11.3 Å². The third-order valence-corrected chi connectivity index (χ3v) is 2.42. The topological polar surface area (TPSA) is 63.5 Å². The summed E-state index contributed by atoms with van der Waals surface area (Å²) >= 11 is 0. The second-order valence-corrected chi connectivity index (χ2v) is 3.59. The normalized spacial score (nSPS) is 10.3. The first-order valence-corrected chi connectivity index (χ1v) is 5.65. The number of benzene rings is 1. The molecule has 0 heterocycles. The van der Waals surface area contributed by atoms with Crippen LogP contribution in [0.25, 0.3) is 0 Å². The van der Waals surface area contributed by atoms with Crippen molar-refractivity contribution in [2.75, 3.05) is 27.4 Å². The summed E-state index contributed by atoms with van der Waals surface area (Å²) in [5, 5.41) is 11.7. The molecule has 0 atom stereocenters. The van der Waals surface area contributed by atoms with Gasteiger partial charge in [0, 0.05) is 32.9 Å². The van der Waals surface area contributed by atoms with E-state index in [1.807, 2.05) is 30.3 Å². The zero-order valence-electron chi connectivity index (χ0n) is 10.7. The molecule has 0 saturated carbocycles. The van der Waals surface area contributed by atoms with Crippen LogP contribution in [0.3, 0.4) is 0 Å². The zero-order valence-corrected chi connectivity index (χ0v) is 10.7. The van der Waals surface area contributed by atoms with Crippen LogP contribution < -0.4 is 10.1 Å². The van der Waals surface area contributed by atoms with Gasteiger partial charge in [0.15, 0.2) is 12.9 Å². The van der Waals surface area contributed by atoms with Crippen LogP contribution in [-0.2, 0) is 16.0 Å². The van der Waals surface area contributed by atoms with E-state index >= 15 is 0 Å². The third kappa shape index (κ3) is 4.72. The van der Waals surface area contributed by atoms with Gasteiger partial charge >= 0.3 is 0 Å². The summed E-state index contributed by atoms with van der Waals surface area (Å²) in [4.78, 5) is 0. The lowest BCUT2D eigenvalue weighted by molar-refractivity contribution is -0.0989. The Hall–Kier alpha value is -1.61. The molecule has 0 spiro atoms. The maximum Gasteiger partial charge on any atom is 0.174 e. The predicted molar refractivity (Wildman–Crippen MR) is 67.1 cm³/mol. The molecule has 5 nitrogen and oxygen atoms in total. The molecule has 0 aliphatic rings. The molecule has 0 radical (unpaired) electrons. The van der Waals surface area contributed by atoms with Gasteiger partial charge in [0.25, 0.3) is 0 Å². The number of nitrogens with one attached hydrogen (secondary N) is 1. The van der Waals surface area contributed by atoms with Gasteiger partial charge in [-0.15, -0.1) is 0 Å². The highest BCUT2D eigenvalue weighted by molar-refractivity contribution is 5.33. The van der Waals surface area contributed by atoms with Gasteiger partial charge in [0.1, 0.15) is 11.8 Å². The van der Waals surface area contributed by atoms with Gasteiger partial charge in [-0.2, -0.15) is 5.26 Å². The van der Waals surface area contributed by atoms with Crippen LogP contribution in [0.1, 0.15) is 5.56 Å². The molecule has 0 aliphatic heterocycles. The Morgan fingerprint density at radius 1 is 1.28 bits per heavy atom. The largest absolute Gasteiger partial charge is 0.478 e. The first kappa shape index (κ1) is 14.5. The molecule has 5 heteroatoms. The SMILES string of the molecule is COC(CNCc1ccccc1OCC#N)OC. The van der Waals surface area contributed by atoms with E-state index in [9.17, 15) is 0 Å². The van der Waals surface area contributed by atoms with E-state index in [-0.39, 0.29) is 12.9 Å². The van der Waals surface area contributed by atoms with Gasteiger partial charge in [0.2, 0.25) is 0 Å². The first-order valence-electron chi connectivity index (χ1n) is 5.65. The van der Waals surface area contributed by atoms with Crippen molar-refractivity contribution in [1.29, 1.82) is 5.26 Å². The summed E-state index contributed by atoms with van der Waals surface area (Å²) in [6.07, 6.45) is -0.266. The monoisotopic (exact) mass is 250 g/mol. The molecule has 0 fully saturated rings.